The van der Waals surface area contributed by atoms with E-state index in [0.717, 1.165) is 38.5 Å². The largest absolute Gasteiger partial charge is 0.478 e. The average Bonchev–Trinajstić information content (AvgIpc) is 2.71. The van der Waals surface area contributed by atoms with Crippen LogP contribution in [0, 0.1) is 0 Å². The third-order valence-corrected chi connectivity index (χ3v) is 4.31. The van der Waals surface area contributed by atoms with Crippen LogP contribution in [0.3, 0.4) is 0 Å². The number of methoxy groups -OCH3 is 1. The average molecular weight is 429 g/mol. The molecule has 0 saturated heterocycles. The van der Waals surface area contributed by atoms with Gasteiger partial charge in [-0.2, -0.15) is 0 Å². The summed E-state index contributed by atoms with van der Waals surface area (Å²) in [5, 5.41) is 25.4. The Morgan fingerprint density at radius 2 is 1.40 bits per heavy atom. The minimum Gasteiger partial charge on any atom is -0.478 e. The Labute approximate surface area is 180 Å². The van der Waals surface area contributed by atoms with E-state index in [4.69, 9.17) is 10.2 Å². The number of rotatable bonds is 17. The standard InChI is InChI=1S/C19H36O3.C4H4O4/c1-3-4-5-12-15-18(20)16-13-10-8-6-7-9-11-14-17-19(21)22-2;5-3(6)1-2-4(7)8/h10,13,18,20H,3-9,11-12,14-17H2,1-2H3;1-2H,(H,5,6)(H,7,8)/b13-10-;2-1-. The minimum absolute atomic E-state index is 0.101. The zero-order valence-electron chi connectivity index (χ0n) is 18.6. The third kappa shape index (κ3) is 28.1. The number of allylic oxidation sites excluding steroid dienone is 1. The van der Waals surface area contributed by atoms with Crippen molar-refractivity contribution in [3.05, 3.63) is 24.3 Å². The zero-order valence-corrected chi connectivity index (χ0v) is 18.6. The number of carboxylic acid groups (broad SMARTS) is 2. The van der Waals surface area contributed by atoms with E-state index < -0.39 is 11.9 Å². The lowest BCUT2D eigenvalue weighted by Crippen LogP contribution is -2.04. The van der Waals surface area contributed by atoms with Gasteiger partial charge in [0.2, 0.25) is 0 Å². The number of hydrogen-bond acceptors (Lipinski definition) is 5. The molecule has 0 aliphatic heterocycles. The van der Waals surface area contributed by atoms with Crippen LogP contribution in [0.4, 0.5) is 0 Å². The Kier molecular flexibility index (Phi) is 23.2. The molecule has 0 amide bonds. The smallest absolute Gasteiger partial charge is 0.328 e. The van der Waals surface area contributed by atoms with Gasteiger partial charge in [0.05, 0.1) is 13.2 Å². The summed E-state index contributed by atoms with van der Waals surface area (Å²) in [7, 11) is 1.44. The molecular formula is C23H40O7. The summed E-state index contributed by atoms with van der Waals surface area (Å²) in [6.07, 6.45) is 19.2. The lowest BCUT2D eigenvalue weighted by Gasteiger charge is -2.07. The highest BCUT2D eigenvalue weighted by molar-refractivity contribution is 5.89. The Bertz CT molecular complexity index is 482. The molecule has 0 spiro atoms. The fraction of sp³-hybridized carbons (Fsp3) is 0.696. The summed E-state index contributed by atoms with van der Waals surface area (Å²) in [5.41, 5.74) is 0. The molecule has 7 nitrogen and oxygen atoms in total. The van der Waals surface area contributed by atoms with E-state index in [1.165, 1.54) is 45.6 Å². The van der Waals surface area contributed by atoms with Gasteiger partial charge in [-0.05, 0) is 32.1 Å². The number of esters is 1. The molecule has 1 atom stereocenters. The number of carbonyl (C=O) groups excluding carboxylic acids is 1. The van der Waals surface area contributed by atoms with Gasteiger partial charge in [0, 0.05) is 18.6 Å². The number of unbranched alkanes of at least 4 members (excludes halogenated alkanes) is 8. The number of aliphatic carboxylic acids is 2. The first kappa shape index (κ1) is 30.0. The van der Waals surface area contributed by atoms with Crippen molar-refractivity contribution < 1.29 is 34.4 Å². The van der Waals surface area contributed by atoms with Gasteiger partial charge < -0.3 is 20.1 Å². The number of carboxylic acids is 2. The summed E-state index contributed by atoms with van der Waals surface area (Å²) in [5.74, 6) is -2.61. The van der Waals surface area contributed by atoms with Gasteiger partial charge in [-0.1, -0.05) is 64.0 Å². The maximum Gasteiger partial charge on any atom is 0.328 e. The lowest BCUT2D eigenvalue weighted by atomic mass is 10.1. The number of aliphatic hydroxyl groups excluding tert-OH is 1. The molecule has 0 rings (SSSR count). The predicted octanol–water partition coefficient (Wildman–Crippen LogP) is 4.88. The summed E-state index contributed by atoms with van der Waals surface area (Å²) in [6, 6.07) is 0. The van der Waals surface area contributed by atoms with E-state index in [0.29, 0.717) is 18.6 Å². The first-order valence-electron chi connectivity index (χ1n) is 10.9. The van der Waals surface area contributed by atoms with Crippen molar-refractivity contribution in [2.24, 2.45) is 0 Å². The lowest BCUT2D eigenvalue weighted by molar-refractivity contribution is -0.140. The highest BCUT2D eigenvalue weighted by atomic mass is 16.5. The molecule has 30 heavy (non-hydrogen) atoms. The van der Waals surface area contributed by atoms with Crippen LogP contribution in [-0.4, -0.2) is 46.4 Å². The Balaban J connectivity index is 0. The summed E-state index contributed by atoms with van der Waals surface area (Å²) in [6.45, 7) is 2.21. The molecule has 0 aliphatic carbocycles. The van der Waals surface area contributed by atoms with Gasteiger partial charge in [-0.15, -0.1) is 0 Å². The first-order chi connectivity index (χ1) is 14.3. The first-order valence-corrected chi connectivity index (χ1v) is 10.9. The van der Waals surface area contributed by atoms with Crippen LogP contribution in [0.15, 0.2) is 24.3 Å². The Morgan fingerprint density at radius 3 is 1.97 bits per heavy atom. The van der Waals surface area contributed by atoms with Gasteiger partial charge in [0.15, 0.2) is 0 Å². The highest BCUT2D eigenvalue weighted by Gasteiger charge is 2.01. The highest BCUT2D eigenvalue weighted by Crippen LogP contribution is 2.10. The van der Waals surface area contributed by atoms with Gasteiger partial charge in [0.1, 0.15) is 0 Å². The summed E-state index contributed by atoms with van der Waals surface area (Å²) >= 11 is 0. The molecule has 0 radical (unpaired) electrons. The number of ether oxygens (including phenoxy) is 1. The molecule has 0 aromatic heterocycles. The Hall–Kier alpha value is -2.15. The molecule has 0 bridgehead atoms. The van der Waals surface area contributed by atoms with Gasteiger partial charge in [0.25, 0.3) is 0 Å². The molecule has 0 aromatic carbocycles. The Morgan fingerprint density at radius 1 is 0.833 bits per heavy atom. The second-order valence-corrected chi connectivity index (χ2v) is 7.10. The summed E-state index contributed by atoms with van der Waals surface area (Å²) in [4.78, 5) is 30.0. The number of hydrogen-bond donors (Lipinski definition) is 3. The fourth-order valence-corrected chi connectivity index (χ4v) is 2.60. The maximum atomic E-state index is 10.9. The maximum absolute atomic E-state index is 10.9. The molecule has 174 valence electrons. The molecule has 1 unspecified atom stereocenters. The molecule has 3 N–H and O–H groups in total. The third-order valence-electron chi connectivity index (χ3n) is 4.31. The van der Waals surface area contributed by atoms with Crippen molar-refractivity contribution >= 4 is 17.9 Å². The summed E-state index contributed by atoms with van der Waals surface area (Å²) < 4.78 is 4.61. The molecule has 0 saturated carbocycles. The van der Waals surface area contributed by atoms with E-state index >= 15 is 0 Å². The van der Waals surface area contributed by atoms with Crippen LogP contribution in [0.2, 0.25) is 0 Å². The molecule has 0 aliphatic rings. The number of carbonyl (C=O) groups is 3. The topological polar surface area (TPSA) is 121 Å². The van der Waals surface area contributed by atoms with Crippen molar-refractivity contribution in [1.82, 2.24) is 0 Å². The van der Waals surface area contributed by atoms with Gasteiger partial charge >= 0.3 is 17.9 Å². The van der Waals surface area contributed by atoms with Gasteiger partial charge in [-0.25, -0.2) is 9.59 Å². The molecule has 7 heteroatoms. The van der Waals surface area contributed by atoms with Crippen molar-refractivity contribution in [3.8, 4) is 0 Å². The predicted molar refractivity (Wildman–Crippen MR) is 117 cm³/mol. The van der Waals surface area contributed by atoms with Crippen LogP contribution in [0.5, 0.6) is 0 Å². The van der Waals surface area contributed by atoms with E-state index in [1.54, 1.807) is 0 Å². The molecular weight excluding hydrogens is 388 g/mol. The van der Waals surface area contributed by atoms with Crippen LogP contribution in [0.1, 0.15) is 90.4 Å². The van der Waals surface area contributed by atoms with E-state index in [2.05, 4.69) is 23.8 Å². The second kappa shape index (κ2) is 23.1. The molecule has 0 heterocycles. The van der Waals surface area contributed by atoms with Gasteiger partial charge in [-0.3, -0.25) is 4.79 Å². The normalized spacial score (nSPS) is 11.8. The molecule has 0 fully saturated rings. The number of aliphatic hydroxyl groups is 1. The van der Waals surface area contributed by atoms with Crippen molar-refractivity contribution in [2.75, 3.05) is 7.11 Å². The van der Waals surface area contributed by atoms with Crippen LogP contribution in [-0.2, 0) is 19.1 Å². The SMILES string of the molecule is CCCCCCC(O)C/C=C\CCCCCCCC(=O)OC.O=C(O)/C=C\C(=O)O. The van der Waals surface area contributed by atoms with Crippen molar-refractivity contribution in [3.63, 3.8) is 0 Å². The van der Waals surface area contributed by atoms with Crippen LogP contribution < -0.4 is 0 Å². The van der Waals surface area contributed by atoms with Crippen LogP contribution in [0.25, 0.3) is 0 Å². The second-order valence-electron chi connectivity index (χ2n) is 7.10. The van der Waals surface area contributed by atoms with E-state index in [1.807, 2.05) is 0 Å². The van der Waals surface area contributed by atoms with Crippen molar-refractivity contribution in [1.29, 1.82) is 0 Å². The zero-order chi connectivity index (χ0) is 23.0. The van der Waals surface area contributed by atoms with Crippen molar-refractivity contribution in [2.45, 2.75) is 96.5 Å². The van der Waals surface area contributed by atoms with Crippen LogP contribution >= 0.6 is 0 Å². The monoisotopic (exact) mass is 428 g/mol. The van der Waals surface area contributed by atoms with E-state index in [9.17, 15) is 19.5 Å². The molecule has 0 aromatic rings. The van der Waals surface area contributed by atoms with E-state index in [-0.39, 0.29) is 12.1 Å². The minimum atomic E-state index is -1.26. The fourth-order valence-electron chi connectivity index (χ4n) is 2.60. The quantitative estimate of drug-likeness (QED) is 0.131.